The van der Waals surface area contributed by atoms with Gasteiger partial charge in [0.25, 0.3) is 0 Å². The van der Waals surface area contributed by atoms with Crippen molar-refractivity contribution in [3.05, 3.63) is 0 Å². The van der Waals surface area contributed by atoms with Gasteiger partial charge in [0, 0.05) is 38.9 Å². The molecule has 16 heavy (non-hydrogen) atoms. The molecule has 92 valence electrons. The van der Waals surface area contributed by atoms with Gasteiger partial charge in [-0.25, -0.2) is 0 Å². The fraction of sp³-hybridized carbons (Fsp3) is 0.750. The van der Waals surface area contributed by atoms with Gasteiger partial charge in [0.15, 0.2) is 0 Å². The summed E-state index contributed by atoms with van der Waals surface area (Å²) >= 11 is 0. The van der Waals surface area contributed by atoms with Crippen LogP contribution >= 0.6 is 0 Å². The first kappa shape index (κ1) is 15.0. The van der Waals surface area contributed by atoms with E-state index in [9.17, 15) is 14.4 Å². The molecule has 0 heterocycles. The van der Waals surface area contributed by atoms with Crippen LogP contribution in [0.15, 0.2) is 0 Å². The van der Waals surface area contributed by atoms with Crippen molar-refractivity contribution in [1.29, 1.82) is 0 Å². The van der Waals surface area contributed by atoms with Crippen LogP contribution in [0.1, 0.15) is 40.0 Å². The van der Waals surface area contributed by atoms with E-state index in [2.05, 4.69) is 0 Å². The summed E-state index contributed by atoms with van der Waals surface area (Å²) in [5.74, 6) is 0.405. The molecule has 0 spiro atoms. The van der Waals surface area contributed by atoms with E-state index in [1.165, 1.54) is 0 Å². The Balaban J connectivity index is 3.98. The lowest BCUT2D eigenvalue weighted by atomic mass is 10.2. The van der Waals surface area contributed by atoms with Gasteiger partial charge in [0.05, 0.1) is 0 Å². The Morgan fingerprint density at radius 1 is 0.688 bits per heavy atom. The van der Waals surface area contributed by atoms with Crippen molar-refractivity contribution in [1.82, 2.24) is 4.90 Å². The highest BCUT2D eigenvalue weighted by Gasteiger charge is 2.08. The maximum Gasteiger partial charge on any atom is 0.131 e. The van der Waals surface area contributed by atoms with Crippen molar-refractivity contribution >= 4 is 17.3 Å². The third kappa shape index (κ3) is 9.52. The second kappa shape index (κ2) is 8.16. The average molecular weight is 227 g/mol. The minimum Gasteiger partial charge on any atom is -0.302 e. The Morgan fingerprint density at radius 2 is 0.938 bits per heavy atom. The number of Topliss-reactive ketones (excluding diaryl/α,β-unsaturated/α-hetero) is 3. The summed E-state index contributed by atoms with van der Waals surface area (Å²) in [6.07, 6.45) is 1.45. The number of ketones is 3. The van der Waals surface area contributed by atoms with E-state index in [0.29, 0.717) is 38.9 Å². The fourth-order valence-corrected chi connectivity index (χ4v) is 1.28. The largest absolute Gasteiger partial charge is 0.302 e. The summed E-state index contributed by atoms with van der Waals surface area (Å²) < 4.78 is 0. The van der Waals surface area contributed by atoms with Crippen LogP contribution in [0.5, 0.6) is 0 Å². The molecule has 0 aliphatic heterocycles. The van der Waals surface area contributed by atoms with Crippen LogP contribution in [0, 0.1) is 0 Å². The summed E-state index contributed by atoms with van der Waals surface area (Å²) in [4.78, 5) is 34.6. The molecule has 0 fully saturated rings. The molecule has 0 aromatic carbocycles. The van der Waals surface area contributed by atoms with Crippen LogP contribution in [0.25, 0.3) is 0 Å². The van der Waals surface area contributed by atoms with Crippen molar-refractivity contribution in [3.63, 3.8) is 0 Å². The van der Waals surface area contributed by atoms with Crippen molar-refractivity contribution in [2.75, 3.05) is 19.6 Å². The predicted octanol–water partition coefficient (Wildman–Crippen LogP) is 1.23. The first-order valence-corrected chi connectivity index (χ1v) is 5.62. The second-order valence-corrected chi connectivity index (χ2v) is 4.20. The predicted molar refractivity (Wildman–Crippen MR) is 62.3 cm³/mol. The number of hydrogen-bond donors (Lipinski definition) is 0. The lowest BCUT2D eigenvalue weighted by Gasteiger charge is -2.20. The number of carbonyl (C=O) groups is 3. The van der Waals surface area contributed by atoms with Crippen LogP contribution < -0.4 is 0 Å². The third-order valence-corrected chi connectivity index (χ3v) is 2.34. The van der Waals surface area contributed by atoms with Crippen LogP contribution in [-0.2, 0) is 14.4 Å². The summed E-state index contributed by atoms with van der Waals surface area (Å²) in [5.41, 5.74) is 0. The van der Waals surface area contributed by atoms with Crippen molar-refractivity contribution in [2.45, 2.75) is 40.0 Å². The smallest absolute Gasteiger partial charge is 0.131 e. The minimum atomic E-state index is 0.135. The van der Waals surface area contributed by atoms with Gasteiger partial charge in [-0.3, -0.25) is 14.4 Å². The van der Waals surface area contributed by atoms with Gasteiger partial charge >= 0.3 is 0 Å². The van der Waals surface area contributed by atoms with Gasteiger partial charge in [-0.15, -0.1) is 0 Å². The SMILES string of the molecule is CC(=O)CCN(CCC(C)=O)CCC(C)=O. The van der Waals surface area contributed by atoms with E-state index in [1.807, 2.05) is 4.90 Å². The standard InChI is InChI=1S/C12H21NO3/c1-10(14)4-7-13(8-5-11(2)15)9-6-12(3)16/h4-9H2,1-3H3. The van der Waals surface area contributed by atoms with E-state index in [-0.39, 0.29) is 17.3 Å². The fourth-order valence-electron chi connectivity index (χ4n) is 1.28. The third-order valence-electron chi connectivity index (χ3n) is 2.34. The van der Waals surface area contributed by atoms with E-state index in [4.69, 9.17) is 0 Å². The average Bonchev–Trinajstić information content (AvgIpc) is 2.15. The monoisotopic (exact) mass is 227 g/mol. The van der Waals surface area contributed by atoms with Gasteiger partial charge in [0.2, 0.25) is 0 Å². The second-order valence-electron chi connectivity index (χ2n) is 4.20. The maximum atomic E-state index is 10.9. The van der Waals surface area contributed by atoms with Crippen molar-refractivity contribution in [3.8, 4) is 0 Å². The summed E-state index contributed by atoms with van der Waals surface area (Å²) in [6.45, 7) is 6.55. The Morgan fingerprint density at radius 3 is 1.12 bits per heavy atom. The highest BCUT2D eigenvalue weighted by atomic mass is 16.1. The zero-order valence-corrected chi connectivity index (χ0v) is 10.4. The zero-order valence-electron chi connectivity index (χ0n) is 10.4. The number of carbonyl (C=O) groups excluding carboxylic acids is 3. The number of rotatable bonds is 9. The molecule has 0 atom stereocenters. The van der Waals surface area contributed by atoms with E-state index in [1.54, 1.807) is 20.8 Å². The van der Waals surface area contributed by atoms with E-state index >= 15 is 0 Å². The van der Waals surface area contributed by atoms with E-state index in [0.717, 1.165) is 0 Å². The molecule has 0 radical (unpaired) electrons. The molecule has 0 unspecified atom stereocenters. The van der Waals surface area contributed by atoms with E-state index < -0.39 is 0 Å². The normalized spacial score (nSPS) is 10.5. The lowest BCUT2D eigenvalue weighted by Crippen LogP contribution is -2.30. The van der Waals surface area contributed by atoms with Crippen LogP contribution in [0.4, 0.5) is 0 Å². The van der Waals surface area contributed by atoms with Gasteiger partial charge < -0.3 is 4.90 Å². The molecule has 0 amide bonds. The molecular weight excluding hydrogens is 206 g/mol. The molecule has 0 aromatic heterocycles. The molecule has 0 saturated carbocycles. The molecule has 0 saturated heterocycles. The van der Waals surface area contributed by atoms with Gasteiger partial charge in [-0.05, 0) is 20.8 Å². The highest BCUT2D eigenvalue weighted by Crippen LogP contribution is 1.98. The van der Waals surface area contributed by atoms with Crippen LogP contribution in [0.2, 0.25) is 0 Å². The Labute approximate surface area is 97.0 Å². The maximum absolute atomic E-state index is 10.9. The molecule has 0 N–H and O–H groups in total. The summed E-state index contributed by atoms with van der Waals surface area (Å²) in [5, 5.41) is 0. The zero-order chi connectivity index (χ0) is 12.6. The Bertz CT molecular complexity index is 218. The molecular formula is C12H21NO3. The first-order valence-electron chi connectivity index (χ1n) is 5.62. The van der Waals surface area contributed by atoms with Crippen LogP contribution in [0.3, 0.4) is 0 Å². The number of hydrogen-bond acceptors (Lipinski definition) is 4. The molecule has 4 heteroatoms. The van der Waals surface area contributed by atoms with Gasteiger partial charge in [0.1, 0.15) is 17.3 Å². The van der Waals surface area contributed by atoms with Crippen molar-refractivity contribution < 1.29 is 14.4 Å². The topological polar surface area (TPSA) is 54.5 Å². The molecule has 0 rings (SSSR count). The van der Waals surface area contributed by atoms with Crippen molar-refractivity contribution in [2.24, 2.45) is 0 Å². The molecule has 0 aliphatic rings. The molecule has 0 bridgehead atoms. The molecule has 4 nitrogen and oxygen atoms in total. The summed E-state index contributed by atoms with van der Waals surface area (Å²) in [7, 11) is 0. The first-order chi connectivity index (χ1) is 7.41. The summed E-state index contributed by atoms with van der Waals surface area (Å²) in [6, 6.07) is 0. The highest BCUT2D eigenvalue weighted by molar-refractivity contribution is 5.76. The number of nitrogens with zero attached hydrogens (tertiary/aromatic N) is 1. The lowest BCUT2D eigenvalue weighted by molar-refractivity contribution is -0.117. The Kier molecular flexibility index (Phi) is 7.64. The quantitative estimate of drug-likeness (QED) is 0.594. The molecule has 0 aromatic rings. The Hall–Kier alpha value is -1.03. The van der Waals surface area contributed by atoms with Crippen LogP contribution in [-0.4, -0.2) is 41.9 Å². The minimum absolute atomic E-state index is 0.135. The molecule has 0 aliphatic carbocycles. The van der Waals surface area contributed by atoms with Gasteiger partial charge in [-0.2, -0.15) is 0 Å². The van der Waals surface area contributed by atoms with Gasteiger partial charge in [-0.1, -0.05) is 0 Å².